The molecule has 0 radical (unpaired) electrons. The van der Waals surface area contributed by atoms with Crippen LogP contribution in [0, 0.1) is 11.2 Å². The largest absolute Gasteiger partial charge is 0.481 e. The van der Waals surface area contributed by atoms with Gasteiger partial charge in [0.15, 0.2) is 0 Å². The van der Waals surface area contributed by atoms with E-state index in [1.165, 1.54) is 18.2 Å². The van der Waals surface area contributed by atoms with Crippen molar-refractivity contribution >= 4 is 27.8 Å². The van der Waals surface area contributed by atoms with Crippen LogP contribution in [-0.4, -0.2) is 23.5 Å². The highest BCUT2D eigenvalue weighted by Crippen LogP contribution is 2.37. The average molecular weight is 344 g/mol. The highest BCUT2D eigenvalue weighted by Gasteiger charge is 2.41. The number of hydrogen-bond acceptors (Lipinski definition) is 2. The quantitative estimate of drug-likeness (QED) is 0.883. The van der Waals surface area contributed by atoms with Crippen LogP contribution in [0.5, 0.6) is 0 Å². The summed E-state index contributed by atoms with van der Waals surface area (Å²) in [6.45, 7) is 0.102. The minimum Gasteiger partial charge on any atom is -0.481 e. The molecule has 1 aliphatic rings. The van der Waals surface area contributed by atoms with E-state index in [4.69, 9.17) is 0 Å². The Balaban J connectivity index is 2.06. The molecule has 0 heterocycles. The molecule has 0 saturated heterocycles. The second-order valence-electron chi connectivity index (χ2n) is 5.10. The van der Waals surface area contributed by atoms with E-state index < -0.39 is 23.1 Å². The van der Waals surface area contributed by atoms with Gasteiger partial charge in [-0.05, 0) is 47.0 Å². The van der Waals surface area contributed by atoms with Crippen molar-refractivity contribution in [3.63, 3.8) is 0 Å². The first-order valence-electron chi connectivity index (χ1n) is 6.41. The molecule has 0 aliphatic heterocycles. The molecule has 2 rings (SSSR count). The van der Waals surface area contributed by atoms with Crippen molar-refractivity contribution in [2.75, 3.05) is 6.54 Å². The molecule has 0 bridgehead atoms. The van der Waals surface area contributed by atoms with Crippen LogP contribution in [-0.2, 0) is 4.79 Å². The summed E-state index contributed by atoms with van der Waals surface area (Å²) in [4.78, 5) is 23.4. The molecule has 0 unspecified atom stereocenters. The van der Waals surface area contributed by atoms with Gasteiger partial charge in [0.25, 0.3) is 5.91 Å². The number of benzene rings is 1. The number of carbonyl (C=O) groups is 2. The van der Waals surface area contributed by atoms with E-state index >= 15 is 0 Å². The van der Waals surface area contributed by atoms with Gasteiger partial charge in [-0.2, -0.15) is 0 Å². The van der Waals surface area contributed by atoms with Crippen molar-refractivity contribution < 1.29 is 19.1 Å². The minimum absolute atomic E-state index is 0.102. The van der Waals surface area contributed by atoms with Gasteiger partial charge in [0.1, 0.15) is 5.82 Å². The zero-order chi connectivity index (χ0) is 14.8. The van der Waals surface area contributed by atoms with E-state index in [9.17, 15) is 19.1 Å². The molecular weight excluding hydrogens is 329 g/mol. The molecule has 0 atom stereocenters. The summed E-state index contributed by atoms with van der Waals surface area (Å²) in [5.74, 6) is -1.70. The van der Waals surface area contributed by atoms with Crippen LogP contribution >= 0.6 is 15.9 Å². The van der Waals surface area contributed by atoms with Crippen molar-refractivity contribution in [3.05, 3.63) is 34.1 Å². The molecule has 1 aliphatic carbocycles. The number of rotatable bonds is 4. The Morgan fingerprint density at radius 1 is 1.35 bits per heavy atom. The molecule has 1 saturated carbocycles. The highest BCUT2D eigenvalue weighted by molar-refractivity contribution is 9.10. The second kappa shape index (κ2) is 5.91. The van der Waals surface area contributed by atoms with E-state index in [1.54, 1.807) is 0 Å². The smallest absolute Gasteiger partial charge is 0.311 e. The Hall–Kier alpha value is -1.43. The lowest BCUT2D eigenvalue weighted by Gasteiger charge is -2.24. The van der Waals surface area contributed by atoms with Gasteiger partial charge in [-0.1, -0.05) is 12.8 Å². The Labute approximate surface area is 124 Å². The lowest BCUT2D eigenvalue weighted by molar-refractivity contribution is -0.148. The molecule has 0 aromatic heterocycles. The van der Waals surface area contributed by atoms with Crippen LogP contribution in [0.15, 0.2) is 22.7 Å². The topological polar surface area (TPSA) is 66.4 Å². The predicted molar refractivity (Wildman–Crippen MR) is 75.0 cm³/mol. The number of carboxylic acid groups (broad SMARTS) is 1. The summed E-state index contributed by atoms with van der Waals surface area (Å²) in [6.07, 6.45) is 2.88. The van der Waals surface area contributed by atoms with E-state index in [0.717, 1.165) is 12.8 Å². The first kappa shape index (κ1) is 15.0. The minimum atomic E-state index is -0.867. The summed E-state index contributed by atoms with van der Waals surface area (Å²) in [5.41, 5.74) is -0.563. The van der Waals surface area contributed by atoms with Crippen LogP contribution in [0.3, 0.4) is 0 Å². The van der Waals surface area contributed by atoms with Crippen molar-refractivity contribution in [1.29, 1.82) is 0 Å². The molecule has 20 heavy (non-hydrogen) atoms. The molecule has 1 fully saturated rings. The SMILES string of the molecule is O=C(NCC1(C(=O)O)CCCC1)c1ccc(F)cc1Br. The van der Waals surface area contributed by atoms with E-state index in [0.29, 0.717) is 22.9 Å². The lowest BCUT2D eigenvalue weighted by Crippen LogP contribution is -2.41. The Morgan fingerprint density at radius 2 is 2.00 bits per heavy atom. The zero-order valence-corrected chi connectivity index (χ0v) is 12.4. The Kier molecular flexibility index (Phi) is 4.42. The molecule has 4 nitrogen and oxygen atoms in total. The average Bonchev–Trinajstić information content (AvgIpc) is 2.86. The Bertz CT molecular complexity index is 541. The number of aliphatic carboxylic acids is 1. The van der Waals surface area contributed by atoms with Crippen LogP contribution < -0.4 is 5.32 Å². The maximum Gasteiger partial charge on any atom is 0.311 e. The van der Waals surface area contributed by atoms with Crippen LogP contribution in [0.25, 0.3) is 0 Å². The number of amides is 1. The molecule has 2 N–H and O–H groups in total. The van der Waals surface area contributed by atoms with Crippen LogP contribution in [0.4, 0.5) is 4.39 Å². The van der Waals surface area contributed by atoms with Gasteiger partial charge in [-0.25, -0.2) is 4.39 Å². The highest BCUT2D eigenvalue weighted by atomic mass is 79.9. The van der Waals surface area contributed by atoms with Gasteiger partial charge < -0.3 is 10.4 Å². The van der Waals surface area contributed by atoms with E-state index in [-0.39, 0.29) is 6.54 Å². The predicted octanol–water partition coefficient (Wildman–Crippen LogP) is 2.96. The second-order valence-corrected chi connectivity index (χ2v) is 5.95. The molecule has 1 aromatic rings. The van der Waals surface area contributed by atoms with Crippen molar-refractivity contribution in [3.8, 4) is 0 Å². The number of carboxylic acids is 1. The third-order valence-corrected chi connectivity index (χ3v) is 4.43. The van der Waals surface area contributed by atoms with Crippen LogP contribution in [0.1, 0.15) is 36.0 Å². The normalized spacial score (nSPS) is 16.9. The van der Waals surface area contributed by atoms with E-state index in [2.05, 4.69) is 21.2 Å². The number of nitrogens with one attached hydrogen (secondary N) is 1. The number of carbonyl (C=O) groups excluding carboxylic acids is 1. The molecule has 1 aromatic carbocycles. The van der Waals surface area contributed by atoms with Crippen molar-refractivity contribution in [2.24, 2.45) is 5.41 Å². The fourth-order valence-electron chi connectivity index (χ4n) is 2.54. The van der Waals surface area contributed by atoms with Gasteiger partial charge in [0, 0.05) is 11.0 Å². The monoisotopic (exact) mass is 343 g/mol. The van der Waals surface area contributed by atoms with Gasteiger partial charge >= 0.3 is 5.97 Å². The number of halogens is 2. The molecule has 0 spiro atoms. The standard InChI is InChI=1S/C14H15BrFNO3/c15-11-7-9(16)3-4-10(11)12(18)17-8-14(13(19)20)5-1-2-6-14/h3-4,7H,1-2,5-6,8H2,(H,17,18)(H,19,20). The summed E-state index contributed by atoms with van der Waals surface area (Å²) in [5, 5.41) is 12.0. The fraction of sp³-hybridized carbons (Fsp3) is 0.429. The molecule has 6 heteroatoms. The summed E-state index contributed by atoms with van der Waals surface area (Å²) in [6, 6.07) is 3.77. The molecule has 1 amide bonds. The van der Waals surface area contributed by atoms with Gasteiger partial charge in [0.05, 0.1) is 11.0 Å². The first-order valence-corrected chi connectivity index (χ1v) is 7.21. The maximum absolute atomic E-state index is 13.0. The summed E-state index contributed by atoms with van der Waals surface area (Å²) >= 11 is 3.13. The number of hydrogen-bond donors (Lipinski definition) is 2. The first-order chi connectivity index (χ1) is 9.44. The van der Waals surface area contributed by atoms with Gasteiger partial charge in [0.2, 0.25) is 0 Å². The van der Waals surface area contributed by atoms with Crippen molar-refractivity contribution in [1.82, 2.24) is 5.32 Å². The van der Waals surface area contributed by atoms with Crippen molar-refractivity contribution in [2.45, 2.75) is 25.7 Å². The Morgan fingerprint density at radius 3 is 2.55 bits per heavy atom. The molecule has 108 valence electrons. The fourth-order valence-corrected chi connectivity index (χ4v) is 3.07. The van der Waals surface area contributed by atoms with Gasteiger partial charge in [-0.15, -0.1) is 0 Å². The summed E-state index contributed by atoms with van der Waals surface area (Å²) in [7, 11) is 0. The van der Waals surface area contributed by atoms with E-state index in [1.807, 2.05) is 0 Å². The zero-order valence-electron chi connectivity index (χ0n) is 10.8. The van der Waals surface area contributed by atoms with Crippen LogP contribution in [0.2, 0.25) is 0 Å². The molecular formula is C14H15BrFNO3. The maximum atomic E-state index is 13.0. The third-order valence-electron chi connectivity index (χ3n) is 3.78. The summed E-state index contributed by atoms with van der Waals surface area (Å²) < 4.78 is 13.3. The third kappa shape index (κ3) is 3.00. The lowest BCUT2D eigenvalue weighted by atomic mass is 9.86. The van der Waals surface area contributed by atoms with Gasteiger partial charge in [-0.3, -0.25) is 9.59 Å².